The number of hydrogen-bond acceptors (Lipinski definition) is 5. The van der Waals surface area contributed by atoms with Crippen LogP contribution in [0, 0.1) is 0 Å². The molecular weight excluding hydrogens is 280 g/mol. The summed E-state index contributed by atoms with van der Waals surface area (Å²) in [6.45, 7) is 0.319. The van der Waals surface area contributed by atoms with E-state index in [1.165, 1.54) is 0 Å². The van der Waals surface area contributed by atoms with Gasteiger partial charge in [-0.05, 0) is 11.6 Å². The molecule has 0 amide bonds. The number of halogens is 1. The fourth-order valence-electron chi connectivity index (χ4n) is 1.64. The standard InChI is InChI=1S/C14H15ClN2O3/c1-18-10-5-11(19-2)7-12(6-10)20-14-13(15)9(8-16)3-4-17-14/h3-7H,8,16H2,1-2H3. The highest BCUT2D eigenvalue weighted by atomic mass is 35.5. The fourth-order valence-corrected chi connectivity index (χ4v) is 1.87. The molecule has 0 radical (unpaired) electrons. The van der Waals surface area contributed by atoms with E-state index in [0.717, 1.165) is 5.56 Å². The van der Waals surface area contributed by atoms with Gasteiger partial charge in [-0.1, -0.05) is 11.6 Å². The smallest absolute Gasteiger partial charge is 0.238 e. The second-order valence-corrected chi connectivity index (χ2v) is 4.32. The maximum absolute atomic E-state index is 6.18. The lowest BCUT2D eigenvalue weighted by Crippen LogP contribution is -1.99. The summed E-state index contributed by atoms with van der Waals surface area (Å²) in [5.74, 6) is 2.05. The van der Waals surface area contributed by atoms with Gasteiger partial charge in [0, 0.05) is 30.9 Å². The third-order valence-electron chi connectivity index (χ3n) is 2.70. The molecule has 0 atom stereocenters. The summed E-state index contributed by atoms with van der Waals surface area (Å²) in [4.78, 5) is 4.10. The van der Waals surface area contributed by atoms with Crippen LogP contribution in [-0.2, 0) is 6.54 Å². The quantitative estimate of drug-likeness (QED) is 0.918. The maximum Gasteiger partial charge on any atom is 0.238 e. The van der Waals surface area contributed by atoms with E-state index >= 15 is 0 Å². The first-order valence-corrected chi connectivity index (χ1v) is 6.30. The van der Waals surface area contributed by atoms with Gasteiger partial charge in [0.1, 0.15) is 22.3 Å². The summed E-state index contributed by atoms with van der Waals surface area (Å²) in [5.41, 5.74) is 6.37. The van der Waals surface area contributed by atoms with Gasteiger partial charge in [-0.25, -0.2) is 4.98 Å². The first-order chi connectivity index (χ1) is 9.67. The van der Waals surface area contributed by atoms with Crippen LogP contribution in [0.25, 0.3) is 0 Å². The molecule has 6 heteroatoms. The molecule has 0 fully saturated rings. The predicted octanol–water partition coefficient (Wildman–Crippen LogP) is 3.00. The number of hydrogen-bond donors (Lipinski definition) is 1. The lowest BCUT2D eigenvalue weighted by atomic mass is 10.2. The van der Waals surface area contributed by atoms with Crippen molar-refractivity contribution in [2.45, 2.75) is 6.54 Å². The third-order valence-corrected chi connectivity index (χ3v) is 3.10. The van der Waals surface area contributed by atoms with E-state index in [2.05, 4.69) is 4.98 Å². The molecule has 2 rings (SSSR count). The zero-order valence-electron chi connectivity index (χ0n) is 11.2. The molecule has 0 spiro atoms. The highest BCUT2D eigenvalue weighted by Crippen LogP contribution is 2.33. The van der Waals surface area contributed by atoms with Crippen LogP contribution in [-0.4, -0.2) is 19.2 Å². The second-order valence-electron chi connectivity index (χ2n) is 3.94. The molecule has 1 aromatic heterocycles. The van der Waals surface area contributed by atoms with Crippen molar-refractivity contribution in [2.24, 2.45) is 5.73 Å². The predicted molar refractivity (Wildman–Crippen MR) is 76.8 cm³/mol. The van der Waals surface area contributed by atoms with Crippen molar-refractivity contribution < 1.29 is 14.2 Å². The van der Waals surface area contributed by atoms with Crippen LogP contribution in [0.3, 0.4) is 0 Å². The topological polar surface area (TPSA) is 66.6 Å². The molecular formula is C14H15ClN2O3. The number of nitrogens with two attached hydrogens (primary N) is 1. The number of methoxy groups -OCH3 is 2. The normalized spacial score (nSPS) is 10.2. The Morgan fingerprint density at radius 1 is 1.10 bits per heavy atom. The van der Waals surface area contributed by atoms with Gasteiger partial charge in [0.25, 0.3) is 0 Å². The Morgan fingerprint density at radius 2 is 1.70 bits per heavy atom. The summed E-state index contributed by atoms with van der Waals surface area (Å²) in [7, 11) is 3.14. The highest BCUT2D eigenvalue weighted by Gasteiger charge is 2.10. The molecule has 2 aromatic rings. The van der Waals surface area contributed by atoms with E-state index in [-0.39, 0.29) is 0 Å². The Hall–Kier alpha value is -1.98. The molecule has 0 saturated carbocycles. The van der Waals surface area contributed by atoms with Gasteiger partial charge in [-0.2, -0.15) is 0 Å². The number of nitrogens with zero attached hydrogens (tertiary/aromatic N) is 1. The number of aromatic nitrogens is 1. The number of pyridine rings is 1. The molecule has 0 aliphatic heterocycles. The van der Waals surface area contributed by atoms with Gasteiger partial charge < -0.3 is 19.9 Å². The minimum atomic E-state index is 0.296. The molecule has 0 bridgehead atoms. The summed E-state index contributed by atoms with van der Waals surface area (Å²) < 4.78 is 16.0. The molecule has 1 aromatic carbocycles. The van der Waals surface area contributed by atoms with Crippen molar-refractivity contribution >= 4 is 11.6 Å². The molecule has 0 aliphatic carbocycles. The van der Waals surface area contributed by atoms with Crippen LogP contribution in [0.2, 0.25) is 5.02 Å². The summed E-state index contributed by atoms with van der Waals surface area (Å²) >= 11 is 6.18. The minimum Gasteiger partial charge on any atom is -0.496 e. The average molecular weight is 295 g/mol. The number of benzene rings is 1. The first-order valence-electron chi connectivity index (χ1n) is 5.92. The van der Waals surface area contributed by atoms with E-state index in [1.54, 1.807) is 44.7 Å². The summed E-state index contributed by atoms with van der Waals surface area (Å²) in [6.07, 6.45) is 1.60. The molecule has 0 aliphatic rings. The van der Waals surface area contributed by atoms with Crippen molar-refractivity contribution in [3.63, 3.8) is 0 Å². The lowest BCUT2D eigenvalue weighted by Gasteiger charge is -2.11. The Bertz CT molecular complexity index is 583. The SMILES string of the molecule is COc1cc(OC)cc(Oc2nccc(CN)c2Cl)c1. The monoisotopic (exact) mass is 294 g/mol. The van der Waals surface area contributed by atoms with Crippen LogP contribution in [0.4, 0.5) is 0 Å². The third kappa shape index (κ3) is 3.12. The Balaban J connectivity index is 2.34. The van der Waals surface area contributed by atoms with E-state index in [1.807, 2.05) is 0 Å². The second kappa shape index (κ2) is 6.45. The molecule has 106 valence electrons. The van der Waals surface area contributed by atoms with Gasteiger partial charge >= 0.3 is 0 Å². The Morgan fingerprint density at radius 3 is 2.25 bits per heavy atom. The molecule has 20 heavy (non-hydrogen) atoms. The molecule has 5 nitrogen and oxygen atoms in total. The first kappa shape index (κ1) is 14.4. The van der Waals surface area contributed by atoms with Crippen molar-refractivity contribution in [3.8, 4) is 23.1 Å². The zero-order chi connectivity index (χ0) is 14.5. The van der Waals surface area contributed by atoms with Gasteiger partial charge in [0.2, 0.25) is 5.88 Å². The van der Waals surface area contributed by atoms with Gasteiger partial charge in [-0.15, -0.1) is 0 Å². The highest BCUT2D eigenvalue weighted by molar-refractivity contribution is 6.32. The van der Waals surface area contributed by atoms with Crippen LogP contribution >= 0.6 is 11.6 Å². The van der Waals surface area contributed by atoms with Crippen LogP contribution in [0.5, 0.6) is 23.1 Å². The summed E-state index contributed by atoms with van der Waals surface area (Å²) in [6, 6.07) is 6.94. The molecule has 0 saturated heterocycles. The number of rotatable bonds is 5. The van der Waals surface area contributed by atoms with E-state index in [9.17, 15) is 0 Å². The van der Waals surface area contributed by atoms with Gasteiger partial charge in [0.15, 0.2) is 0 Å². The van der Waals surface area contributed by atoms with Gasteiger partial charge in [-0.3, -0.25) is 0 Å². The van der Waals surface area contributed by atoms with Crippen molar-refractivity contribution in [1.29, 1.82) is 0 Å². The minimum absolute atomic E-state index is 0.296. The maximum atomic E-state index is 6.18. The molecule has 1 heterocycles. The van der Waals surface area contributed by atoms with E-state index < -0.39 is 0 Å². The largest absolute Gasteiger partial charge is 0.496 e. The number of ether oxygens (including phenoxy) is 3. The van der Waals surface area contributed by atoms with Crippen molar-refractivity contribution in [2.75, 3.05) is 14.2 Å². The summed E-state index contributed by atoms with van der Waals surface area (Å²) in [5, 5.41) is 0.400. The van der Waals surface area contributed by atoms with Gasteiger partial charge in [0.05, 0.1) is 14.2 Å². The van der Waals surface area contributed by atoms with E-state index in [4.69, 9.17) is 31.5 Å². The Labute approximate surface area is 122 Å². The lowest BCUT2D eigenvalue weighted by molar-refractivity contribution is 0.385. The average Bonchev–Trinajstić information content (AvgIpc) is 2.49. The molecule has 2 N–H and O–H groups in total. The van der Waals surface area contributed by atoms with Crippen LogP contribution in [0.1, 0.15) is 5.56 Å². The van der Waals surface area contributed by atoms with Crippen molar-refractivity contribution in [1.82, 2.24) is 4.98 Å². The van der Waals surface area contributed by atoms with Crippen LogP contribution < -0.4 is 19.9 Å². The van der Waals surface area contributed by atoms with Crippen molar-refractivity contribution in [3.05, 3.63) is 41.0 Å². The van der Waals surface area contributed by atoms with Crippen LogP contribution in [0.15, 0.2) is 30.5 Å². The Kier molecular flexibility index (Phi) is 4.65. The zero-order valence-corrected chi connectivity index (χ0v) is 12.0. The molecule has 0 unspecified atom stereocenters. The van der Waals surface area contributed by atoms with E-state index in [0.29, 0.717) is 34.7 Å². The fraction of sp³-hybridized carbons (Fsp3) is 0.214.